The zero-order valence-electron chi connectivity index (χ0n) is 12.1. The third kappa shape index (κ3) is 4.39. The van der Waals surface area contributed by atoms with Crippen molar-refractivity contribution in [2.45, 2.75) is 26.3 Å². The Hall–Kier alpha value is -1.26. The van der Waals surface area contributed by atoms with Gasteiger partial charge in [-0.05, 0) is 31.0 Å². The fourth-order valence-electron chi connectivity index (χ4n) is 2.26. The molecule has 0 bridgehead atoms. The topological polar surface area (TPSA) is 41.6 Å². The average molecular weight is 299 g/mol. The molecule has 2 rings (SSSR count). The Bertz CT molecular complexity index is 422. The Morgan fingerprint density at radius 1 is 1.40 bits per heavy atom. The van der Waals surface area contributed by atoms with E-state index in [9.17, 15) is 4.79 Å². The lowest BCUT2D eigenvalue weighted by atomic mass is 10.2. The quantitative estimate of drug-likeness (QED) is 0.923. The van der Waals surface area contributed by atoms with Gasteiger partial charge in [-0.3, -0.25) is 4.79 Å². The van der Waals surface area contributed by atoms with Gasteiger partial charge < -0.3 is 15.0 Å². The van der Waals surface area contributed by atoms with Crippen molar-refractivity contribution >= 4 is 18.3 Å². The highest BCUT2D eigenvalue weighted by atomic mass is 35.5. The molecular formula is C15H23ClN2O2. The van der Waals surface area contributed by atoms with E-state index in [2.05, 4.69) is 19.2 Å². The fraction of sp³-hybridized carbons (Fsp3) is 0.533. The summed E-state index contributed by atoms with van der Waals surface area (Å²) in [6.07, 6.45) is 1.01. The molecule has 1 aliphatic rings. The van der Waals surface area contributed by atoms with Gasteiger partial charge in [0.25, 0.3) is 5.91 Å². The number of nitrogens with zero attached hydrogens (tertiary/aromatic N) is 1. The minimum Gasteiger partial charge on any atom is -0.484 e. The van der Waals surface area contributed by atoms with Crippen LogP contribution in [0.3, 0.4) is 0 Å². The summed E-state index contributed by atoms with van der Waals surface area (Å²) in [5.74, 6) is 0.821. The molecule has 1 saturated heterocycles. The summed E-state index contributed by atoms with van der Waals surface area (Å²) in [7, 11) is 0. The maximum atomic E-state index is 12.1. The second kappa shape index (κ2) is 8.12. The van der Waals surface area contributed by atoms with Crippen molar-refractivity contribution in [1.29, 1.82) is 0 Å². The van der Waals surface area contributed by atoms with Crippen LogP contribution < -0.4 is 10.1 Å². The standard InChI is InChI=1S/C15H22N2O2.ClH/c1-3-13-4-6-14(7-5-13)19-11-15(18)17-9-8-16-10-12(17)2;/h4-7,12,16H,3,8-11H2,1-2H3;1H. The van der Waals surface area contributed by atoms with Crippen LogP contribution in [-0.2, 0) is 11.2 Å². The van der Waals surface area contributed by atoms with Gasteiger partial charge in [-0.2, -0.15) is 0 Å². The SMILES string of the molecule is CCc1ccc(OCC(=O)N2CCNCC2C)cc1.Cl. The summed E-state index contributed by atoms with van der Waals surface area (Å²) in [4.78, 5) is 14.0. The molecule has 0 aromatic heterocycles. The Morgan fingerprint density at radius 2 is 2.10 bits per heavy atom. The molecule has 1 aromatic rings. The maximum Gasteiger partial charge on any atom is 0.260 e. The smallest absolute Gasteiger partial charge is 0.260 e. The van der Waals surface area contributed by atoms with Gasteiger partial charge in [-0.25, -0.2) is 0 Å². The highest BCUT2D eigenvalue weighted by Gasteiger charge is 2.22. The number of piperazine rings is 1. The molecule has 1 amide bonds. The number of hydrogen-bond donors (Lipinski definition) is 1. The van der Waals surface area contributed by atoms with Gasteiger partial charge in [-0.1, -0.05) is 19.1 Å². The number of aryl methyl sites for hydroxylation is 1. The van der Waals surface area contributed by atoms with E-state index in [1.807, 2.05) is 29.2 Å². The van der Waals surface area contributed by atoms with Gasteiger partial charge in [0.2, 0.25) is 0 Å². The van der Waals surface area contributed by atoms with Crippen LogP contribution in [0.4, 0.5) is 0 Å². The summed E-state index contributed by atoms with van der Waals surface area (Å²) in [6.45, 7) is 6.78. The van der Waals surface area contributed by atoms with Gasteiger partial charge in [0.05, 0.1) is 0 Å². The van der Waals surface area contributed by atoms with E-state index in [1.165, 1.54) is 5.56 Å². The summed E-state index contributed by atoms with van der Waals surface area (Å²) >= 11 is 0. The molecule has 0 radical (unpaired) electrons. The maximum absolute atomic E-state index is 12.1. The molecule has 5 heteroatoms. The predicted molar refractivity (Wildman–Crippen MR) is 82.6 cm³/mol. The predicted octanol–water partition coefficient (Wildman–Crippen LogP) is 1.87. The largest absolute Gasteiger partial charge is 0.484 e. The zero-order chi connectivity index (χ0) is 13.7. The number of rotatable bonds is 4. The van der Waals surface area contributed by atoms with Crippen LogP contribution in [0.2, 0.25) is 0 Å². The zero-order valence-corrected chi connectivity index (χ0v) is 12.9. The minimum absolute atomic E-state index is 0. The monoisotopic (exact) mass is 298 g/mol. The molecule has 1 aliphatic heterocycles. The molecule has 112 valence electrons. The van der Waals surface area contributed by atoms with Crippen LogP contribution in [0.15, 0.2) is 24.3 Å². The van der Waals surface area contributed by atoms with Gasteiger partial charge >= 0.3 is 0 Å². The third-order valence-corrected chi connectivity index (χ3v) is 3.52. The summed E-state index contributed by atoms with van der Waals surface area (Å²) < 4.78 is 5.56. The molecular weight excluding hydrogens is 276 g/mol. The molecule has 4 nitrogen and oxygen atoms in total. The van der Waals surface area contributed by atoms with Crippen molar-refractivity contribution in [2.75, 3.05) is 26.2 Å². The van der Waals surface area contributed by atoms with Crippen molar-refractivity contribution in [2.24, 2.45) is 0 Å². The van der Waals surface area contributed by atoms with Crippen molar-refractivity contribution in [3.05, 3.63) is 29.8 Å². The van der Waals surface area contributed by atoms with Crippen LogP contribution >= 0.6 is 12.4 Å². The molecule has 0 saturated carbocycles. The number of benzene rings is 1. The summed E-state index contributed by atoms with van der Waals surface area (Å²) in [5, 5.41) is 3.27. The highest BCUT2D eigenvalue weighted by Crippen LogP contribution is 2.13. The minimum atomic E-state index is 0. The van der Waals surface area contributed by atoms with Gasteiger partial charge in [0, 0.05) is 25.7 Å². The highest BCUT2D eigenvalue weighted by molar-refractivity contribution is 5.85. The van der Waals surface area contributed by atoms with Gasteiger partial charge in [0.1, 0.15) is 5.75 Å². The van der Waals surface area contributed by atoms with E-state index in [0.29, 0.717) is 0 Å². The molecule has 1 fully saturated rings. The molecule has 0 spiro atoms. The number of halogens is 1. The molecule has 1 unspecified atom stereocenters. The van der Waals surface area contributed by atoms with Gasteiger partial charge in [0.15, 0.2) is 6.61 Å². The number of carbonyl (C=O) groups excluding carboxylic acids is 1. The normalized spacial score (nSPS) is 18.3. The van der Waals surface area contributed by atoms with Crippen molar-refractivity contribution < 1.29 is 9.53 Å². The third-order valence-electron chi connectivity index (χ3n) is 3.52. The lowest BCUT2D eigenvalue weighted by Gasteiger charge is -2.33. The van der Waals surface area contributed by atoms with E-state index in [4.69, 9.17) is 4.74 Å². The fourth-order valence-corrected chi connectivity index (χ4v) is 2.26. The van der Waals surface area contributed by atoms with E-state index in [-0.39, 0.29) is 31.0 Å². The average Bonchev–Trinajstić information content (AvgIpc) is 2.46. The number of ether oxygens (including phenoxy) is 1. The number of nitrogens with one attached hydrogen (secondary N) is 1. The second-order valence-corrected chi connectivity index (χ2v) is 4.93. The molecule has 1 heterocycles. The number of amides is 1. The molecule has 0 aliphatic carbocycles. The lowest BCUT2D eigenvalue weighted by molar-refractivity contribution is -0.136. The Labute approximate surface area is 126 Å². The van der Waals surface area contributed by atoms with Gasteiger partial charge in [-0.15, -0.1) is 12.4 Å². The lowest BCUT2D eigenvalue weighted by Crippen LogP contribution is -2.53. The summed E-state index contributed by atoms with van der Waals surface area (Å²) in [6, 6.07) is 8.16. The van der Waals surface area contributed by atoms with Crippen LogP contribution in [0.25, 0.3) is 0 Å². The Morgan fingerprint density at radius 3 is 2.70 bits per heavy atom. The number of carbonyl (C=O) groups is 1. The van der Waals surface area contributed by atoms with Crippen molar-refractivity contribution in [3.8, 4) is 5.75 Å². The Kier molecular flexibility index (Phi) is 6.82. The number of hydrogen-bond acceptors (Lipinski definition) is 3. The van der Waals surface area contributed by atoms with E-state index in [1.54, 1.807) is 0 Å². The van der Waals surface area contributed by atoms with Crippen LogP contribution in [0.1, 0.15) is 19.4 Å². The first-order valence-electron chi connectivity index (χ1n) is 6.92. The van der Waals surface area contributed by atoms with Crippen LogP contribution in [0.5, 0.6) is 5.75 Å². The van der Waals surface area contributed by atoms with E-state index in [0.717, 1.165) is 31.8 Å². The first-order valence-corrected chi connectivity index (χ1v) is 6.92. The first kappa shape index (κ1) is 16.8. The molecule has 1 atom stereocenters. The molecule has 1 aromatic carbocycles. The van der Waals surface area contributed by atoms with E-state index < -0.39 is 0 Å². The van der Waals surface area contributed by atoms with Crippen molar-refractivity contribution in [1.82, 2.24) is 10.2 Å². The molecule has 20 heavy (non-hydrogen) atoms. The second-order valence-electron chi connectivity index (χ2n) is 4.93. The first-order chi connectivity index (χ1) is 9.20. The van der Waals surface area contributed by atoms with Crippen LogP contribution in [0, 0.1) is 0 Å². The van der Waals surface area contributed by atoms with Crippen LogP contribution in [-0.4, -0.2) is 43.1 Å². The Balaban J connectivity index is 0.00000200. The van der Waals surface area contributed by atoms with E-state index >= 15 is 0 Å². The van der Waals surface area contributed by atoms with Crippen molar-refractivity contribution in [3.63, 3.8) is 0 Å². The summed E-state index contributed by atoms with van der Waals surface area (Å²) in [5.41, 5.74) is 1.27. The molecule has 1 N–H and O–H groups in total.